The van der Waals surface area contributed by atoms with E-state index in [9.17, 15) is 14.9 Å². The molecule has 1 aliphatic heterocycles. The van der Waals surface area contributed by atoms with Crippen LogP contribution in [0.15, 0.2) is 42.5 Å². The molecule has 138 valence electrons. The molecule has 27 heavy (non-hydrogen) atoms. The largest absolute Gasteiger partial charge is 0.375 e. The first-order valence-electron chi connectivity index (χ1n) is 8.50. The minimum absolute atomic E-state index is 0.156. The highest BCUT2D eigenvalue weighted by Gasteiger charge is 2.23. The van der Waals surface area contributed by atoms with Crippen LogP contribution in [0, 0.1) is 21.4 Å². The Bertz CT molecular complexity index is 901. The zero-order valence-corrected chi connectivity index (χ0v) is 14.5. The number of nitrogens with zero attached hydrogens (tertiary/aromatic N) is 2. The monoisotopic (exact) mass is 366 g/mol. The molecule has 0 aliphatic carbocycles. The van der Waals surface area contributed by atoms with Gasteiger partial charge < -0.3 is 15.4 Å². The Kier molecular flexibility index (Phi) is 5.64. The molecule has 0 spiro atoms. The third-order valence-electron chi connectivity index (χ3n) is 4.22. The van der Waals surface area contributed by atoms with Crippen molar-refractivity contribution in [2.75, 3.05) is 17.2 Å². The lowest BCUT2D eigenvalue weighted by Gasteiger charge is -2.12. The lowest BCUT2D eigenvalue weighted by atomic mass is 10.1. The van der Waals surface area contributed by atoms with E-state index in [0.717, 1.165) is 18.4 Å². The van der Waals surface area contributed by atoms with Crippen LogP contribution in [0.3, 0.4) is 0 Å². The van der Waals surface area contributed by atoms with Gasteiger partial charge in [0.25, 0.3) is 11.6 Å². The van der Waals surface area contributed by atoms with Crippen molar-refractivity contribution in [2.45, 2.75) is 25.5 Å². The number of nitriles is 1. The Hall–Kier alpha value is -3.44. The van der Waals surface area contributed by atoms with Crippen LogP contribution in [0.5, 0.6) is 0 Å². The van der Waals surface area contributed by atoms with Crippen LogP contribution in [0.25, 0.3) is 0 Å². The molecule has 2 N–H and O–H groups in total. The third-order valence-corrected chi connectivity index (χ3v) is 4.22. The minimum Gasteiger partial charge on any atom is -0.375 e. The summed E-state index contributed by atoms with van der Waals surface area (Å²) in [5, 5.41) is 25.9. The van der Waals surface area contributed by atoms with E-state index in [1.165, 1.54) is 18.2 Å². The normalized spacial score (nSPS) is 15.7. The molecule has 8 nitrogen and oxygen atoms in total. The van der Waals surface area contributed by atoms with Gasteiger partial charge >= 0.3 is 0 Å². The van der Waals surface area contributed by atoms with Gasteiger partial charge in [0.2, 0.25) is 0 Å². The van der Waals surface area contributed by atoms with Gasteiger partial charge in [-0.15, -0.1) is 0 Å². The van der Waals surface area contributed by atoms with Crippen LogP contribution in [-0.4, -0.2) is 23.5 Å². The molecule has 1 atom stereocenters. The van der Waals surface area contributed by atoms with Gasteiger partial charge in [0.05, 0.1) is 16.6 Å². The zero-order valence-electron chi connectivity index (χ0n) is 14.5. The lowest BCUT2D eigenvalue weighted by molar-refractivity contribution is -0.384. The van der Waals surface area contributed by atoms with Gasteiger partial charge in [-0.05, 0) is 42.7 Å². The molecule has 0 radical (unpaired) electrons. The second kappa shape index (κ2) is 8.29. The summed E-state index contributed by atoms with van der Waals surface area (Å²) in [6.07, 6.45) is 1.19. The van der Waals surface area contributed by atoms with Crippen LogP contribution >= 0.6 is 0 Å². The number of rotatable bonds is 6. The fourth-order valence-electron chi connectivity index (χ4n) is 2.87. The van der Waals surface area contributed by atoms with Crippen molar-refractivity contribution in [1.29, 1.82) is 5.26 Å². The molecule has 1 fully saturated rings. The second-order valence-electron chi connectivity index (χ2n) is 6.15. The maximum Gasteiger partial charge on any atom is 0.293 e. The van der Waals surface area contributed by atoms with Gasteiger partial charge in [0.15, 0.2) is 0 Å². The highest BCUT2D eigenvalue weighted by Crippen LogP contribution is 2.26. The smallest absolute Gasteiger partial charge is 0.293 e. The molecule has 0 aromatic heterocycles. The van der Waals surface area contributed by atoms with Crippen molar-refractivity contribution in [2.24, 2.45) is 0 Å². The molecule has 2 aromatic rings. The average molecular weight is 366 g/mol. The first-order valence-corrected chi connectivity index (χ1v) is 8.50. The Morgan fingerprint density at radius 2 is 2.19 bits per heavy atom. The zero-order chi connectivity index (χ0) is 19.2. The molecule has 1 amide bonds. The fourth-order valence-corrected chi connectivity index (χ4v) is 2.87. The van der Waals surface area contributed by atoms with Crippen LogP contribution in [0.4, 0.5) is 17.1 Å². The van der Waals surface area contributed by atoms with Gasteiger partial charge in [-0.2, -0.15) is 5.26 Å². The predicted molar refractivity (Wildman–Crippen MR) is 99.2 cm³/mol. The molecule has 1 unspecified atom stereocenters. The first-order chi connectivity index (χ1) is 13.1. The Labute approximate surface area is 155 Å². The van der Waals surface area contributed by atoms with Crippen molar-refractivity contribution in [1.82, 2.24) is 0 Å². The first kappa shape index (κ1) is 18.4. The molecular formula is C19H18N4O4. The van der Waals surface area contributed by atoms with Crippen molar-refractivity contribution in [3.05, 3.63) is 63.7 Å². The molecule has 8 heteroatoms. The molecular weight excluding hydrogens is 348 g/mol. The number of hydrogen-bond acceptors (Lipinski definition) is 6. The molecule has 1 heterocycles. The quantitative estimate of drug-likeness (QED) is 0.599. The van der Waals surface area contributed by atoms with E-state index >= 15 is 0 Å². The van der Waals surface area contributed by atoms with E-state index in [2.05, 4.69) is 10.6 Å². The second-order valence-corrected chi connectivity index (χ2v) is 6.15. The molecule has 0 bridgehead atoms. The van der Waals surface area contributed by atoms with Gasteiger partial charge in [0.1, 0.15) is 11.8 Å². The molecule has 1 aliphatic rings. The Morgan fingerprint density at radius 1 is 1.33 bits per heavy atom. The van der Waals surface area contributed by atoms with E-state index in [-0.39, 0.29) is 17.2 Å². The van der Waals surface area contributed by atoms with E-state index in [0.29, 0.717) is 24.5 Å². The summed E-state index contributed by atoms with van der Waals surface area (Å²) < 4.78 is 5.37. The highest BCUT2D eigenvalue weighted by molar-refractivity contribution is 5.94. The summed E-state index contributed by atoms with van der Waals surface area (Å²) in [5.74, 6) is -0.166. The number of benzene rings is 2. The number of ether oxygens (including phenoxy) is 1. The summed E-state index contributed by atoms with van der Waals surface area (Å²) in [5.41, 5.74) is 1.89. The van der Waals surface area contributed by atoms with Gasteiger partial charge in [-0.25, -0.2) is 0 Å². The van der Waals surface area contributed by atoms with Gasteiger partial charge in [-0.1, -0.05) is 12.1 Å². The number of carbonyl (C=O) groups excluding carboxylic acids is 1. The summed E-state index contributed by atoms with van der Waals surface area (Å²) in [4.78, 5) is 22.8. The summed E-state index contributed by atoms with van der Waals surface area (Å²) in [6.45, 7) is 0.932. The highest BCUT2D eigenvalue weighted by atomic mass is 16.6. The summed E-state index contributed by atoms with van der Waals surface area (Å²) in [7, 11) is 0. The van der Waals surface area contributed by atoms with Crippen molar-refractivity contribution < 1.29 is 14.5 Å². The van der Waals surface area contributed by atoms with Crippen LogP contribution < -0.4 is 10.6 Å². The maximum absolute atomic E-state index is 12.1. The van der Waals surface area contributed by atoms with Crippen LogP contribution in [0.2, 0.25) is 0 Å². The topological polar surface area (TPSA) is 117 Å². The number of hydrogen-bond donors (Lipinski definition) is 2. The van der Waals surface area contributed by atoms with Crippen LogP contribution in [0.1, 0.15) is 24.0 Å². The third kappa shape index (κ3) is 4.59. The van der Waals surface area contributed by atoms with E-state index < -0.39 is 11.0 Å². The minimum atomic E-state index is -0.526. The fraction of sp³-hybridized carbons (Fsp3) is 0.263. The van der Waals surface area contributed by atoms with E-state index in [4.69, 9.17) is 10.00 Å². The Morgan fingerprint density at radius 3 is 2.89 bits per heavy atom. The number of nitro benzene ring substituents is 1. The summed E-state index contributed by atoms with van der Waals surface area (Å²) >= 11 is 0. The number of anilines is 2. The standard InChI is InChI=1S/C19H18N4O4/c20-11-13-6-7-16(17(10-13)23(25)26)21-12-14-3-1-4-15(9-14)22-19(24)18-5-2-8-27-18/h1,3-4,6-7,9-10,18,21H,2,5,8,12H2,(H,22,24). The van der Waals surface area contributed by atoms with Crippen LogP contribution in [-0.2, 0) is 16.1 Å². The Balaban J connectivity index is 1.67. The number of amides is 1. The lowest BCUT2D eigenvalue weighted by Crippen LogP contribution is -2.26. The number of nitrogens with one attached hydrogen (secondary N) is 2. The average Bonchev–Trinajstić information content (AvgIpc) is 3.21. The predicted octanol–water partition coefficient (Wildman–Crippen LogP) is 3.20. The van der Waals surface area contributed by atoms with Gasteiger partial charge in [-0.3, -0.25) is 14.9 Å². The van der Waals surface area contributed by atoms with E-state index in [1.807, 2.05) is 12.1 Å². The maximum atomic E-state index is 12.1. The van der Waals surface area contributed by atoms with E-state index in [1.54, 1.807) is 18.2 Å². The number of nitro groups is 1. The number of carbonyl (C=O) groups is 1. The summed E-state index contributed by atoms with van der Waals surface area (Å²) in [6, 6.07) is 13.4. The van der Waals surface area contributed by atoms with Crippen molar-refractivity contribution in [3.63, 3.8) is 0 Å². The van der Waals surface area contributed by atoms with Crippen molar-refractivity contribution in [3.8, 4) is 6.07 Å². The SMILES string of the molecule is N#Cc1ccc(NCc2cccc(NC(=O)C3CCCO3)c2)c([N+](=O)[O-])c1. The van der Waals surface area contributed by atoms with Gasteiger partial charge in [0, 0.05) is 24.9 Å². The molecule has 1 saturated heterocycles. The molecule has 0 saturated carbocycles. The van der Waals surface area contributed by atoms with Crippen molar-refractivity contribution >= 4 is 23.0 Å². The molecule has 2 aromatic carbocycles. The molecule has 3 rings (SSSR count).